The second kappa shape index (κ2) is 6.17. The van der Waals surface area contributed by atoms with Gasteiger partial charge in [-0.25, -0.2) is 4.98 Å². The monoisotopic (exact) mass is 314 g/mol. The number of imidazole rings is 1. The standard InChI is InChI=1S/C17H12Cl2N2/c18-14-5-1-12(2-6-14)16(11-17-20-9-10-21-17)13-3-7-15(19)8-4-13/h1-11H,(H,20,21). The van der Waals surface area contributed by atoms with Gasteiger partial charge in [-0.2, -0.15) is 0 Å². The molecule has 0 radical (unpaired) electrons. The van der Waals surface area contributed by atoms with Gasteiger partial charge < -0.3 is 4.98 Å². The first kappa shape index (κ1) is 13.9. The van der Waals surface area contributed by atoms with Crippen molar-refractivity contribution < 1.29 is 0 Å². The number of rotatable bonds is 3. The highest BCUT2D eigenvalue weighted by atomic mass is 35.5. The van der Waals surface area contributed by atoms with Crippen molar-refractivity contribution in [2.45, 2.75) is 0 Å². The van der Waals surface area contributed by atoms with E-state index in [4.69, 9.17) is 23.2 Å². The molecule has 21 heavy (non-hydrogen) atoms. The number of nitrogens with zero attached hydrogens (tertiary/aromatic N) is 1. The Morgan fingerprint density at radius 3 is 1.81 bits per heavy atom. The maximum atomic E-state index is 5.97. The molecule has 0 saturated carbocycles. The Labute approximate surface area is 133 Å². The van der Waals surface area contributed by atoms with Crippen LogP contribution in [-0.4, -0.2) is 9.97 Å². The predicted molar refractivity (Wildman–Crippen MR) is 88.5 cm³/mol. The lowest BCUT2D eigenvalue weighted by Gasteiger charge is -2.08. The number of H-pyrrole nitrogens is 1. The lowest BCUT2D eigenvalue weighted by atomic mass is 9.97. The third-order valence-corrected chi connectivity index (χ3v) is 3.61. The van der Waals surface area contributed by atoms with Crippen LogP contribution in [0.25, 0.3) is 11.6 Å². The summed E-state index contributed by atoms with van der Waals surface area (Å²) in [4.78, 5) is 7.35. The first-order chi connectivity index (χ1) is 10.2. The van der Waals surface area contributed by atoms with E-state index in [-0.39, 0.29) is 0 Å². The van der Waals surface area contributed by atoms with Gasteiger partial charge in [0.2, 0.25) is 0 Å². The number of hydrogen-bond acceptors (Lipinski definition) is 1. The van der Waals surface area contributed by atoms with Crippen molar-refractivity contribution in [1.29, 1.82) is 0 Å². The number of halogens is 2. The summed E-state index contributed by atoms with van der Waals surface area (Å²) in [5.74, 6) is 0.801. The van der Waals surface area contributed by atoms with Crippen LogP contribution in [0.5, 0.6) is 0 Å². The maximum Gasteiger partial charge on any atom is 0.130 e. The molecule has 0 amide bonds. The molecule has 0 aliphatic carbocycles. The molecular formula is C17H12Cl2N2. The Kier molecular flexibility index (Phi) is 4.09. The molecule has 0 aliphatic heterocycles. The SMILES string of the molecule is Clc1ccc(C(=Cc2ncc[nH]2)c2ccc(Cl)cc2)cc1. The molecule has 2 nitrogen and oxygen atoms in total. The normalized spacial score (nSPS) is 10.4. The van der Waals surface area contributed by atoms with Crippen molar-refractivity contribution in [3.8, 4) is 0 Å². The molecule has 1 heterocycles. The molecule has 3 aromatic rings. The molecule has 2 aromatic carbocycles. The van der Waals surface area contributed by atoms with Crippen LogP contribution in [0, 0.1) is 0 Å². The zero-order valence-electron chi connectivity index (χ0n) is 11.1. The quantitative estimate of drug-likeness (QED) is 0.697. The second-order valence-corrected chi connectivity index (χ2v) is 5.42. The Bertz CT molecular complexity index is 695. The molecule has 3 rings (SSSR count). The smallest absolute Gasteiger partial charge is 0.130 e. The van der Waals surface area contributed by atoms with Crippen molar-refractivity contribution in [2.24, 2.45) is 0 Å². The third kappa shape index (κ3) is 3.35. The first-order valence-corrected chi connectivity index (χ1v) is 7.21. The zero-order chi connectivity index (χ0) is 14.7. The Balaban J connectivity index is 2.10. The molecular weight excluding hydrogens is 303 g/mol. The van der Waals surface area contributed by atoms with E-state index in [1.807, 2.05) is 54.6 Å². The molecule has 0 fully saturated rings. The average molecular weight is 315 g/mol. The predicted octanol–water partition coefficient (Wildman–Crippen LogP) is 5.31. The number of nitrogens with one attached hydrogen (secondary N) is 1. The highest BCUT2D eigenvalue weighted by Gasteiger charge is 2.06. The molecule has 4 heteroatoms. The fourth-order valence-corrected chi connectivity index (χ4v) is 2.34. The summed E-state index contributed by atoms with van der Waals surface area (Å²) in [6.07, 6.45) is 5.53. The third-order valence-electron chi connectivity index (χ3n) is 3.11. The molecule has 0 bridgehead atoms. The van der Waals surface area contributed by atoms with Gasteiger partial charge in [-0.05, 0) is 47.0 Å². The van der Waals surface area contributed by atoms with E-state index in [9.17, 15) is 0 Å². The summed E-state index contributed by atoms with van der Waals surface area (Å²) >= 11 is 11.9. The molecule has 1 N–H and O–H groups in total. The van der Waals surface area contributed by atoms with Gasteiger partial charge in [0.25, 0.3) is 0 Å². The van der Waals surface area contributed by atoms with Crippen LogP contribution in [0.1, 0.15) is 17.0 Å². The van der Waals surface area contributed by atoms with Gasteiger partial charge in [0.15, 0.2) is 0 Å². The molecule has 0 spiro atoms. The molecule has 104 valence electrons. The highest BCUT2D eigenvalue weighted by molar-refractivity contribution is 6.31. The molecule has 0 unspecified atom stereocenters. The summed E-state index contributed by atoms with van der Waals surface area (Å²) in [6, 6.07) is 15.5. The Morgan fingerprint density at radius 2 is 1.38 bits per heavy atom. The zero-order valence-corrected chi connectivity index (χ0v) is 12.6. The van der Waals surface area contributed by atoms with Gasteiger partial charge in [0.05, 0.1) is 0 Å². The molecule has 0 saturated heterocycles. The van der Waals surface area contributed by atoms with Crippen molar-refractivity contribution in [1.82, 2.24) is 9.97 Å². The topological polar surface area (TPSA) is 28.7 Å². The van der Waals surface area contributed by atoms with Crippen LogP contribution in [0.15, 0.2) is 60.9 Å². The van der Waals surface area contributed by atoms with E-state index in [0.29, 0.717) is 10.0 Å². The minimum atomic E-state index is 0.715. The van der Waals surface area contributed by atoms with Crippen LogP contribution in [0.3, 0.4) is 0 Å². The fraction of sp³-hybridized carbons (Fsp3) is 0. The average Bonchev–Trinajstić information content (AvgIpc) is 3.00. The van der Waals surface area contributed by atoms with E-state index < -0.39 is 0 Å². The van der Waals surface area contributed by atoms with E-state index in [1.165, 1.54) is 0 Å². The number of benzene rings is 2. The van der Waals surface area contributed by atoms with Gasteiger partial charge in [0, 0.05) is 22.4 Å². The van der Waals surface area contributed by atoms with Crippen LogP contribution in [-0.2, 0) is 0 Å². The summed E-state index contributed by atoms with van der Waals surface area (Å²) < 4.78 is 0. The molecule has 0 aliphatic rings. The van der Waals surface area contributed by atoms with Crippen LogP contribution in [0.4, 0.5) is 0 Å². The number of aromatic nitrogens is 2. The summed E-state index contributed by atoms with van der Waals surface area (Å²) in [5, 5.41) is 1.43. The van der Waals surface area contributed by atoms with E-state index in [0.717, 1.165) is 22.5 Å². The van der Waals surface area contributed by atoms with Gasteiger partial charge in [-0.1, -0.05) is 47.5 Å². The number of hydrogen-bond donors (Lipinski definition) is 1. The summed E-state index contributed by atoms with van der Waals surface area (Å²) in [7, 11) is 0. The van der Waals surface area contributed by atoms with E-state index in [1.54, 1.807) is 12.4 Å². The Morgan fingerprint density at radius 1 is 0.857 bits per heavy atom. The van der Waals surface area contributed by atoms with Crippen molar-refractivity contribution in [2.75, 3.05) is 0 Å². The summed E-state index contributed by atoms with van der Waals surface area (Å²) in [5.41, 5.74) is 3.19. The van der Waals surface area contributed by atoms with Gasteiger partial charge >= 0.3 is 0 Å². The summed E-state index contributed by atoms with van der Waals surface area (Å²) in [6.45, 7) is 0. The largest absolute Gasteiger partial charge is 0.345 e. The van der Waals surface area contributed by atoms with Gasteiger partial charge in [-0.3, -0.25) is 0 Å². The Hall–Kier alpha value is -2.03. The van der Waals surface area contributed by atoms with Crippen molar-refractivity contribution in [3.05, 3.63) is 87.9 Å². The molecule has 0 atom stereocenters. The first-order valence-electron chi connectivity index (χ1n) is 6.45. The minimum Gasteiger partial charge on any atom is -0.345 e. The van der Waals surface area contributed by atoms with Crippen LogP contribution in [0.2, 0.25) is 10.0 Å². The van der Waals surface area contributed by atoms with Crippen LogP contribution >= 0.6 is 23.2 Å². The van der Waals surface area contributed by atoms with Gasteiger partial charge in [-0.15, -0.1) is 0 Å². The number of aromatic amines is 1. The maximum absolute atomic E-state index is 5.97. The lowest BCUT2D eigenvalue weighted by molar-refractivity contribution is 1.26. The van der Waals surface area contributed by atoms with Crippen molar-refractivity contribution in [3.63, 3.8) is 0 Å². The fourth-order valence-electron chi connectivity index (χ4n) is 2.09. The molecule has 1 aromatic heterocycles. The lowest BCUT2D eigenvalue weighted by Crippen LogP contribution is -1.89. The minimum absolute atomic E-state index is 0.715. The highest BCUT2D eigenvalue weighted by Crippen LogP contribution is 2.27. The van der Waals surface area contributed by atoms with Crippen LogP contribution < -0.4 is 0 Å². The van der Waals surface area contributed by atoms with E-state index in [2.05, 4.69) is 9.97 Å². The van der Waals surface area contributed by atoms with Gasteiger partial charge in [0.1, 0.15) is 5.82 Å². The van der Waals surface area contributed by atoms with E-state index >= 15 is 0 Å². The second-order valence-electron chi connectivity index (χ2n) is 4.55. The van der Waals surface area contributed by atoms with Crippen molar-refractivity contribution >= 4 is 34.9 Å².